The topological polar surface area (TPSA) is 35.8 Å². The number of hydrogen-bond acceptors (Lipinski definition) is 2. The monoisotopic (exact) mass is 256 g/mol. The van der Waals surface area contributed by atoms with Gasteiger partial charge in [-0.1, -0.05) is 44.7 Å². The third-order valence-corrected chi connectivity index (χ3v) is 4.03. The van der Waals surface area contributed by atoms with Crippen LogP contribution in [-0.2, 0) is 6.42 Å². The van der Waals surface area contributed by atoms with Crippen molar-refractivity contribution < 1.29 is 0 Å². The molecule has 1 aromatic carbocycles. The predicted molar refractivity (Wildman–Crippen MR) is 80.0 cm³/mol. The van der Waals surface area contributed by atoms with E-state index in [1.54, 1.807) is 0 Å². The lowest BCUT2D eigenvalue weighted by molar-refractivity contribution is 0.514. The number of nitrogens with one attached hydrogen (secondary N) is 1. The molecule has 1 fully saturated rings. The van der Waals surface area contributed by atoms with Crippen LogP contribution < -0.4 is 5.32 Å². The van der Waals surface area contributed by atoms with Gasteiger partial charge in [-0.3, -0.25) is 0 Å². The first kappa shape index (κ1) is 13.9. The predicted octanol–water partition coefficient (Wildman–Crippen LogP) is 4.52. The zero-order valence-corrected chi connectivity index (χ0v) is 11.9. The summed E-state index contributed by atoms with van der Waals surface area (Å²) in [5, 5.41) is 12.9. The maximum absolute atomic E-state index is 9.29. The van der Waals surface area contributed by atoms with E-state index in [1.807, 2.05) is 0 Å². The van der Waals surface area contributed by atoms with Crippen LogP contribution in [0.3, 0.4) is 0 Å². The molecule has 0 aromatic heterocycles. The first-order chi connectivity index (χ1) is 9.33. The third-order valence-electron chi connectivity index (χ3n) is 4.03. The smallest absolute Gasteiger partial charge is 0.0677 e. The Balaban J connectivity index is 2.00. The molecule has 2 heteroatoms. The Bertz CT molecular complexity index is 416. The number of aryl methyl sites for hydroxylation is 1. The van der Waals surface area contributed by atoms with Crippen molar-refractivity contribution >= 4 is 5.69 Å². The number of rotatable bonds is 4. The molecule has 2 rings (SSSR count). The van der Waals surface area contributed by atoms with Gasteiger partial charge in [-0.05, 0) is 37.0 Å². The van der Waals surface area contributed by atoms with Gasteiger partial charge in [0.05, 0.1) is 12.0 Å². The lowest BCUT2D eigenvalue weighted by Gasteiger charge is -2.22. The highest BCUT2D eigenvalue weighted by molar-refractivity contribution is 5.46. The van der Waals surface area contributed by atoms with Gasteiger partial charge in [-0.25, -0.2) is 0 Å². The first-order valence-corrected chi connectivity index (χ1v) is 7.58. The second kappa shape index (κ2) is 7.19. The van der Waals surface area contributed by atoms with Crippen LogP contribution in [-0.4, -0.2) is 6.04 Å². The molecular weight excluding hydrogens is 232 g/mol. The molecule has 1 aromatic rings. The van der Waals surface area contributed by atoms with Crippen LogP contribution in [0.25, 0.3) is 0 Å². The van der Waals surface area contributed by atoms with E-state index in [2.05, 4.69) is 42.6 Å². The van der Waals surface area contributed by atoms with Crippen molar-refractivity contribution in [1.29, 1.82) is 5.26 Å². The molecule has 2 nitrogen and oxygen atoms in total. The van der Waals surface area contributed by atoms with E-state index < -0.39 is 0 Å². The van der Waals surface area contributed by atoms with E-state index in [0.717, 1.165) is 24.9 Å². The zero-order valence-electron chi connectivity index (χ0n) is 11.9. The van der Waals surface area contributed by atoms with Crippen LogP contribution in [0.5, 0.6) is 0 Å². The fourth-order valence-electron chi connectivity index (χ4n) is 2.91. The molecule has 19 heavy (non-hydrogen) atoms. The molecule has 2 unspecified atom stereocenters. The Labute approximate surface area is 116 Å². The van der Waals surface area contributed by atoms with Crippen molar-refractivity contribution in [3.63, 3.8) is 0 Å². The summed E-state index contributed by atoms with van der Waals surface area (Å²) in [5.41, 5.74) is 2.55. The average Bonchev–Trinajstić information content (AvgIpc) is 2.66. The zero-order chi connectivity index (χ0) is 13.5. The van der Waals surface area contributed by atoms with Gasteiger partial charge < -0.3 is 5.32 Å². The van der Waals surface area contributed by atoms with Gasteiger partial charge in [0.1, 0.15) is 0 Å². The Morgan fingerprint density at radius 2 is 1.89 bits per heavy atom. The average molecular weight is 256 g/mol. The molecule has 0 spiro atoms. The lowest BCUT2D eigenvalue weighted by Crippen LogP contribution is -2.27. The second-order valence-corrected chi connectivity index (χ2v) is 5.57. The van der Waals surface area contributed by atoms with Gasteiger partial charge in [0, 0.05) is 11.7 Å². The normalized spacial score (nSPS) is 23.4. The molecule has 1 N–H and O–H groups in total. The maximum atomic E-state index is 9.29. The molecule has 0 saturated heterocycles. The molecule has 0 radical (unpaired) electrons. The summed E-state index contributed by atoms with van der Waals surface area (Å²) in [6.45, 7) is 2.20. The first-order valence-electron chi connectivity index (χ1n) is 7.58. The summed E-state index contributed by atoms with van der Waals surface area (Å²) in [6.07, 6.45) is 8.20. The highest BCUT2D eigenvalue weighted by Crippen LogP contribution is 2.26. The van der Waals surface area contributed by atoms with Crippen molar-refractivity contribution in [1.82, 2.24) is 0 Å². The minimum Gasteiger partial charge on any atom is -0.381 e. The molecule has 1 aliphatic rings. The molecular formula is C17H24N2. The molecule has 1 aliphatic carbocycles. The summed E-state index contributed by atoms with van der Waals surface area (Å²) < 4.78 is 0. The molecule has 0 aliphatic heterocycles. The Hall–Kier alpha value is -1.49. The van der Waals surface area contributed by atoms with Crippen molar-refractivity contribution in [3.8, 4) is 6.07 Å². The van der Waals surface area contributed by atoms with E-state index >= 15 is 0 Å². The minimum atomic E-state index is 0.165. The van der Waals surface area contributed by atoms with Gasteiger partial charge in [-0.15, -0.1) is 0 Å². The van der Waals surface area contributed by atoms with E-state index in [4.69, 9.17) is 0 Å². The van der Waals surface area contributed by atoms with E-state index in [-0.39, 0.29) is 5.92 Å². The van der Waals surface area contributed by atoms with Gasteiger partial charge in [-0.2, -0.15) is 5.26 Å². The largest absolute Gasteiger partial charge is 0.381 e. The minimum absolute atomic E-state index is 0.165. The SMILES string of the molecule is CCCc1ccc(NC2CCCCCC2C#N)cc1. The second-order valence-electron chi connectivity index (χ2n) is 5.57. The van der Waals surface area contributed by atoms with Crippen molar-refractivity contribution in [2.45, 2.75) is 57.9 Å². The van der Waals surface area contributed by atoms with Gasteiger partial charge in [0.15, 0.2) is 0 Å². The number of nitriles is 1. The number of benzene rings is 1. The summed E-state index contributed by atoms with van der Waals surface area (Å²) in [7, 11) is 0. The van der Waals surface area contributed by atoms with E-state index in [0.29, 0.717) is 6.04 Å². The van der Waals surface area contributed by atoms with Gasteiger partial charge in [0.2, 0.25) is 0 Å². The Morgan fingerprint density at radius 1 is 1.16 bits per heavy atom. The molecule has 2 atom stereocenters. The van der Waals surface area contributed by atoms with Gasteiger partial charge in [0.25, 0.3) is 0 Å². The number of nitrogens with zero attached hydrogens (tertiary/aromatic N) is 1. The van der Waals surface area contributed by atoms with Crippen molar-refractivity contribution in [2.75, 3.05) is 5.32 Å². The molecule has 1 saturated carbocycles. The third kappa shape index (κ3) is 3.99. The summed E-state index contributed by atoms with van der Waals surface area (Å²) >= 11 is 0. The van der Waals surface area contributed by atoms with Crippen LogP contribution in [0, 0.1) is 17.2 Å². The van der Waals surface area contributed by atoms with Crippen molar-refractivity contribution in [3.05, 3.63) is 29.8 Å². The molecule has 0 heterocycles. The number of hydrogen-bond donors (Lipinski definition) is 1. The lowest BCUT2D eigenvalue weighted by atomic mass is 9.96. The standard InChI is InChI=1S/C17H24N2/c1-2-6-14-9-11-16(12-10-14)19-17-8-5-3-4-7-15(17)13-18/h9-12,15,17,19H,2-8H2,1H3. The van der Waals surface area contributed by atoms with E-state index in [1.165, 1.54) is 31.2 Å². The Morgan fingerprint density at radius 3 is 2.58 bits per heavy atom. The van der Waals surface area contributed by atoms with Crippen molar-refractivity contribution in [2.24, 2.45) is 5.92 Å². The molecule has 0 bridgehead atoms. The van der Waals surface area contributed by atoms with Crippen LogP contribution in [0.1, 0.15) is 51.0 Å². The summed E-state index contributed by atoms with van der Waals surface area (Å²) in [4.78, 5) is 0. The fourth-order valence-corrected chi connectivity index (χ4v) is 2.91. The molecule has 102 valence electrons. The summed E-state index contributed by atoms with van der Waals surface area (Å²) in [5.74, 6) is 0.165. The summed E-state index contributed by atoms with van der Waals surface area (Å²) in [6, 6.07) is 11.5. The Kier molecular flexibility index (Phi) is 5.27. The number of anilines is 1. The highest BCUT2D eigenvalue weighted by atomic mass is 14.9. The quantitative estimate of drug-likeness (QED) is 0.804. The van der Waals surface area contributed by atoms with Crippen LogP contribution in [0.2, 0.25) is 0 Å². The highest BCUT2D eigenvalue weighted by Gasteiger charge is 2.23. The van der Waals surface area contributed by atoms with E-state index in [9.17, 15) is 5.26 Å². The fraction of sp³-hybridized carbons (Fsp3) is 0.588. The van der Waals surface area contributed by atoms with Crippen LogP contribution in [0.15, 0.2) is 24.3 Å². The van der Waals surface area contributed by atoms with Gasteiger partial charge >= 0.3 is 0 Å². The molecule has 0 amide bonds. The maximum Gasteiger partial charge on any atom is 0.0677 e. The van der Waals surface area contributed by atoms with Crippen LogP contribution >= 0.6 is 0 Å². The van der Waals surface area contributed by atoms with Crippen LogP contribution in [0.4, 0.5) is 5.69 Å².